The molecule has 1 amide bonds. The molecule has 0 spiro atoms. The summed E-state index contributed by atoms with van der Waals surface area (Å²) in [6.07, 6.45) is 4.74. The average molecular weight is 493 g/mol. The SMILES string of the molecule is CCCCCCOc1ccc(C(=O)NNS(=O)(=O)c2ccc(OCCCC(=O)O)c(C)c2)cc1. The van der Waals surface area contributed by atoms with Gasteiger partial charge >= 0.3 is 5.97 Å². The van der Waals surface area contributed by atoms with Crippen LogP contribution in [-0.2, 0) is 14.8 Å². The lowest BCUT2D eigenvalue weighted by Gasteiger charge is -2.12. The van der Waals surface area contributed by atoms with E-state index in [-0.39, 0.29) is 23.5 Å². The highest BCUT2D eigenvalue weighted by Crippen LogP contribution is 2.22. The fraction of sp³-hybridized carbons (Fsp3) is 0.417. The van der Waals surface area contributed by atoms with Crippen LogP contribution in [0.3, 0.4) is 0 Å². The van der Waals surface area contributed by atoms with E-state index in [2.05, 4.69) is 17.2 Å². The van der Waals surface area contributed by atoms with E-state index < -0.39 is 21.9 Å². The van der Waals surface area contributed by atoms with Crippen LogP contribution < -0.4 is 19.7 Å². The van der Waals surface area contributed by atoms with Crippen molar-refractivity contribution in [1.82, 2.24) is 10.3 Å². The van der Waals surface area contributed by atoms with Gasteiger partial charge in [-0.15, -0.1) is 4.83 Å². The van der Waals surface area contributed by atoms with Crippen molar-refractivity contribution >= 4 is 21.9 Å². The normalized spacial score (nSPS) is 11.1. The van der Waals surface area contributed by atoms with E-state index in [1.54, 1.807) is 31.2 Å². The number of benzene rings is 2. The maximum Gasteiger partial charge on any atom is 0.303 e. The van der Waals surface area contributed by atoms with Gasteiger partial charge in [-0.2, -0.15) is 0 Å². The molecule has 9 nitrogen and oxygen atoms in total. The number of carboxylic acids is 1. The zero-order chi connectivity index (χ0) is 25.0. The number of nitrogens with one attached hydrogen (secondary N) is 2. The van der Waals surface area contributed by atoms with Crippen molar-refractivity contribution in [3.05, 3.63) is 53.6 Å². The Balaban J connectivity index is 1.87. The fourth-order valence-electron chi connectivity index (χ4n) is 3.02. The molecule has 3 N–H and O–H groups in total. The van der Waals surface area contributed by atoms with E-state index >= 15 is 0 Å². The van der Waals surface area contributed by atoms with Crippen LogP contribution in [0, 0.1) is 6.92 Å². The van der Waals surface area contributed by atoms with Crippen molar-refractivity contribution in [2.45, 2.75) is 57.3 Å². The van der Waals surface area contributed by atoms with Crippen molar-refractivity contribution in [3.63, 3.8) is 0 Å². The highest BCUT2D eigenvalue weighted by molar-refractivity contribution is 7.89. The molecule has 10 heteroatoms. The first kappa shape index (κ1) is 27.1. The van der Waals surface area contributed by atoms with Crippen LogP contribution in [0.15, 0.2) is 47.4 Å². The maximum absolute atomic E-state index is 12.6. The van der Waals surface area contributed by atoms with Gasteiger partial charge in [-0.25, -0.2) is 8.42 Å². The lowest BCUT2D eigenvalue weighted by Crippen LogP contribution is -2.41. The Morgan fingerprint density at radius 2 is 1.65 bits per heavy atom. The number of amides is 1. The van der Waals surface area contributed by atoms with E-state index in [1.165, 1.54) is 24.6 Å². The second-order valence-electron chi connectivity index (χ2n) is 7.77. The third-order valence-corrected chi connectivity index (χ3v) is 6.18. The Labute approximate surface area is 200 Å². The first-order chi connectivity index (χ1) is 16.2. The number of carbonyl (C=O) groups excluding carboxylic acids is 1. The molecule has 0 radical (unpaired) electrons. The summed E-state index contributed by atoms with van der Waals surface area (Å²) in [5.41, 5.74) is 3.05. The summed E-state index contributed by atoms with van der Waals surface area (Å²) in [5, 5.41) is 8.66. The highest BCUT2D eigenvalue weighted by Gasteiger charge is 2.17. The molecule has 0 fully saturated rings. The molecule has 0 aliphatic heterocycles. The lowest BCUT2D eigenvalue weighted by atomic mass is 10.2. The molecule has 0 atom stereocenters. The number of hydrogen-bond donors (Lipinski definition) is 3. The number of rotatable bonds is 15. The molecule has 0 saturated heterocycles. The van der Waals surface area contributed by atoms with E-state index in [4.69, 9.17) is 14.6 Å². The van der Waals surface area contributed by atoms with Crippen LogP contribution in [-0.4, -0.2) is 38.6 Å². The average Bonchev–Trinajstić information content (AvgIpc) is 2.81. The van der Waals surface area contributed by atoms with E-state index in [0.717, 1.165) is 19.3 Å². The number of hydrazine groups is 1. The molecule has 0 bridgehead atoms. The smallest absolute Gasteiger partial charge is 0.303 e. The molecule has 0 heterocycles. The molecular formula is C24H32N2O7S. The van der Waals surface area contributed by atoms with Crippen molar-refractivity contribution in [2.24, 2.45) is 0 Å². The number of hydrogen-bond acceptors (Lipinski definition) is 6. The molecule has 0 saturated carbocycles. The molecule has 2 aromatic carbocycles. The van der Waals surface area contributed by atoms with Gasteiger partial charge in [-0.05, 0) is 67.8 Å². The second-order valence-corrected chi connectivity index (χ2v) is 9.45. The lowest BCUT2D eigenvalue weighted by molar-refractivity contribution is -0.137. The summed E-state index contributed by atoms with van der Waals surface area (Å²) >= 11 is 0. The third-order valence-electron chi connectivity index (χ3n) is 4.93. The van der Waals surface area contributed by atoms with Crippen LogP contribution in [0.1, 0.15) is 61.4 Å². The maximum atomic E-state index is 12.6. The van der Waals surface area contributed by atoms with Gasteiger partial charge < -0.3 is 14.6 Å². The zero-order valence-electron chi connectivity index (χ0n) is 19.5. The van der Waals surface area contributed by atoms with Gasteiger partial charge in [0, 0.05) is 12.0 Å². The standard InChI is InChI=1S/C24H32N2O7S/c1-3-4-5-6-15-32-20-11-9-19(10-12-20)24(29)25-26-34(30,31)21-13-14-22(18(2)17-21)33-16-7-8-23(27)28/h9-14,17,26H,3-8,15-16H2,1-2H3,(H,25,29)(H,27,28). The minimum atomic E-state index is -4.01. The van der Waals surface area contributed by atoms with Gasteiger partial charge in [0.2, 0.25) is 0 Å². The van der Waals surface area contributed by atoms with Crippen molar-refractivity contribution in [3.8, 4) is 11.5 Å². The van der Waals surface area contributed by atoms with Gasteiger partial charge in [0.25, 0.3) is 15.9 Å². The van der Waals surface area contributed by atoms with Crippen molar-refractivity contribution in [1.29, 1.82) is 0 Å². The number of ether oxygens (including phenoxy) is 2. The summed E-state index contributed by atoms with van der Waals surface area (Å²) in [7, 11) is -4.01. The van der Waals surface area contributed by atoms with E-state index in [1.807, 2.05) is 0 Å². The molecule has 0 unspecified atom stereocenters. The number of unbranched alkanes of at least 4 members (excludes halogenated alkanes) is 3. The minimum absolute atomic E-state index is 0.00999. The second kappa shape index (κ2) is 13.6. The molecular weight excluding hydrogens is 460 g/mol. The van der Waals surface area contributed by atoms with Crippen LogP contribution in [0.25, 0.3) is 0 Å². The highest BCUT2D eigenvalue weighted by atomic mass is 32.2. The number of sulfonamides is 1. The molecule has 34 heavy (non-hydrogen) atoms. The quantitative estimate of drug-likeness (QED) is 0.254. The minimum Gasteiger partial charge on any atom is -0.494 e. The first-order valence-corrected chi connectivity index (χ1v) is 12.7. The Morgan fingerprint density at radius 1 is 0.941 bits per heavy atom. The van der Waals surface area contributed by atoms with Crippen LogP contribution in [0.4, 0.5) is 0 Å². The van der Waals surface area contributed by atoms with Gasteiger partial charge in [0.05, 0.1) is 18.1 Å². The molecule has 2 aromatic rings. The first-order valence-electron chi connectivity index (χ1n) is 11.2. The van der Waals surface area contributed by atoms with Gasteiger partial charge in [-0.1, -0.05) is 26.2 Å². The predicted molar refractivity (Wildman–Crippen MR) is 127 cm³/mol. The molecule has 186 valence electrons. The largest absolute Gasteiger partial charge is 0.494 e. The molecule has 2 rings (SSSR count). The Kier molecular flexibility index (Phi) is 10.8. The number of carbonyl (C=O) groups is 2. The van der Waals surface area contributed by atoms with Crippen LogP contribution >= 0.6 is 0 Å². The summed E-state index contributed by atoms with van der Waals surface area (Å²) < 4.78 is 36.3. The Hall–Kier alpha value is -3.11. The Morgan fingerprint density at radius 3 is 2.29 bits per heavy atom. The summed E-state index contributed by atoms with van der Waals surface area (Å²) in [6.45, 7) is 4.64. The topological polar surface area (TPSA) is 131 Å². The Bertz CT molecular complexity index is 1050. The fourth-order valence-corrected chi connectivity index (χ4v) is 3.95. The monoisotopic (exact) mass is 492 g/mol. The summed E-state index contributed by atoms with van der Waals surface area (Å²) in [6, 6.07) is 10.7. The van der Waals surface area contributed by atoms with Crippen LogP contribution in [0.2, 0.25) is 0 Å². The molecule has 0 aromatic heterocycles. The van der Waals surface area contributed by atoms with Gasteiger partial charge in [0.15, 0.2) is 0 Å². The van der Waals surface area contributed by atoms with Crippen LogP contribution in [0.5, 0.6) is 11.5 Å². The van der Waals surface area contributed by atoms with Crippen molar-refractivity contribution in [2.75, 3.05) is 13.2 Å². The summed E-state index contributed by atoms with van der Waals surface area (Å²) in [5.74, 6) is -0.402. The zero-order valence-corrected chi connectivity index (χ0v) is 20.3. The summed E-state index contributed by atoms with van der Waals surface area (Å²) in [4.78, 5) is 24.9. The predicted octanol–water partition coefficient (Wildman–Crippen LogP) is 3.82. The van der Waals surface area contributed by atoms with Gasteiger partial charge in [-0.3, -0.25) is 15.0 Å². The number of carboxylic acid groups (broad SMARTS) is 1. The van der Waals surface area contributed by atoms with Crippen molar-refractivity contribution < 1.29 is 32.6 Å². The molecule has 0 aliphatic rings. The number of aliphatic carboxylic acids is 1. The number of aryl methyl sites for hydroxylation is 1. The molecule has 0 aliphatic carbocycles. The van der Waals surface area contributed by atoms with E-state index in [0.29, 0.717) is 30.1 Å². The van der Waals surface area contributed by atoms with E-state index in [9.17, 15) is 18.0 Å². The third kappa shape index (κ3) is 9.03. The van der Waals surface area contributed by atoms with Gasteiger partial charge in [0.1, 0.15) is 11.5 Å².